The Morgan fingerprint density at radius 3 is 2.10 bits per heavy atom. The first-order valence-electron chi connectivity index (χ1n) is 6.57. The molecular formula is C14H16F5N. The molecule has 1 aromatic carbocycles. The van der Waals surface area contributed by atoms with Gasteiger partial charge in [0, 0.05) is 12.1 Å². The first-order valence-corrected chi connectivity index (χ1v) is 6.57. The van der Waals surface area contributed by atoms with Gasteiger partial charge in [-0.05, 0) is 36.5 Å². The summed E-state index contributed by atoms with van der Waals surface area (Å²) in [5.41, 5.74) is 5.95. The van der Waals surface area contributed by atoms with Crippen molar-refractivity contribution in [1.29, 1.82) is 0 Å². The van der Waals surface area contributed by atoms with E-state index in [9.17, 15) is 22.0 Å². The fraction of sp³-hybridized carbons (Fsp3) is 0.571. The van der Waals surface area contributed by atoms with Gasteiger partial charge in [0.25, 0.3) is 0 Å². The molecule has 6 heteroatoms. The summed E-state index contributed by atoms with van der Waals surface area (Å²) in [4.78, 5) is 0. The summed E-state index contributed by atoms with van der Waals surface area (Å²) in [5.74, 6) is -3.98. The zero-order valence-corrected chi connectivity index (χ0v) is 10.8. The minimum Gasteiger partial charge on any atom is -0.324 e. The highest BCUT2D eigenvalue weighted by Crippen LogP contribution is 2.45. The van der Waals surface area contributed by atoms with E-state index in [2.05, 4.69) is 0 Å². The molecule has 3 unspecified atom stereocenters. The molecule has 1 nitrogen and oxygen atoms in total. The van der Waals surface area contributed by atoms with Crippen molar-refractivity contribution >= 4 is 0 Å². The van der Waals surface area contributed by atoms with Gasteiger partial charge in [-0.1, -0.05) is 12.8 Å². The van der Waals surface area contributed by atoms with Gasteiger partial charge < -0.3 is 5.73 Å². The van der Waals surface area contributed by atoms with Crippen LogP contribution in [0.25, 0.3) is 0 Å². The Hall–Kier alpha value is -1.17. The van der Waals surface area contributed by atoms with Gasteiger partial charge in [0.1, 0.15) is 11.6 Å². The van der Waals surface area contributed by atoms with E-state index in [-0.39, 0.29) is 12.0 Å². The van der Waals surface area contributed by atoms with Gasteiger partial charge in [0.05, 0.1) is 5.92 Å². The largest absolute Gasteiger partial charge is 0.392 e. The average Bonchev–Trinajstić information content (AvgIpc) is 2.35. The number of hydrogen-bond acceptors (Lipinski definition) is 1. The lowest BCUT2D eigenvalue weighted by Gasteiger charge is -2.36. The molecule has 0 aliphatic heterocycles. The minimum atomic E-state index is -4.32. The van der Waals surface area contributed by atoms with Crippen molar-refractivity contribution in [2.75, 3.05) is 0 Å². The van der Waals surface area contributed by atoms with Crippen LogP contribution >= 0.6 is 0 Å². The Bertz CT molecular complexity index is 451. The molecule has 0 spiro atoms. The van der Waals surface area contributed by atoms with Gasteiger partial charge in [-0.15, -0.1) is 0 Å². The Morgan fingerprint density at radius 1 is 1.00 bits per heavy atom. The molecule has 2 N–H and O–H groups in total. The molecule has 0 radical (unpaired) electrons. The second-order valence-corrected chi connectivity index (χ2v) is 5.32. The van der Waals surface area contributed by atoms with E-state index in [1.807, 2.05) is 0 Å². The van der Waals surface area contributed by atoms with Gasteiger partial charge in [-0.2, -0.15) is 13.2 Å². The third-order valence-corrected chi connectivity index (χ3v) is 3.97. The molecule has 0 aromatic heterocycles. The SMILES string of the molecule is NC(c1cc(F)cc(F)c1)C1CCCCC1C(F)(F)F. The number of nitrogens with two attached hydrogens (primary N) is 1. The monoisotopic (exact) mass is 293 g/mol. The van der Waals surface area contributed by atoms with Crippen LogP contribution in [0.1, 0.15) is 37.3 Å². The van der Waals surface area contributed by atoms with E-state index < -0.39 is 35.7 Å². The van der Waals surface area contributed by atoms with Crippen LogP contribution < -0.4 is 5.73 Å². The van der Waals surface area contributed by atoms with E-state index in [1.165, 1.54) is 0 Å². The van der Waals surface area contributed by atoms with Crippen molar-refractivity contribution < 1.29 is 22.0 Å². The third-order valence-electron chi connectivity index (χ3n) is 3.97. The predicted octanol–water partition coefficient (Wildman–Crippen LogP) is 4.33. The molecule has 112 valence electrons. The highest BCUT2D eigenvalue weighted by atomic mass is 19.4. The highest BCUT2D eigenvalue weighted by Gasteiger charge is 2.47. The van der Waals surface area contributed by atoms with E-state index in [4.69, 9.17) is 5.73 Å². The lowest BCUT2D eigenvalue weighted by Crippen LogP contribution is -2.38. The first-order chi connectivity index (χ1) is 9.29. The smallest absolute Gasteiger partial charge is 0.324 e. The summed E-state index contributed by atoms with van der Waals surface area (Å²) in [6.45, 7) is 0. The predicted molar refractivity (Wildman–Crippen MR) is 64.8 cm³/mol. The van der Waals surface area contributed by atoms with Crippen LogP contribution in [-0.4, -0.2) is 6.18 Å². The van der Waals surface area contributed by atoms with E-state index in [0.717, 1.165) is 12.1 Å². The normalized spacial score (nSPS) is 25.5. The molecule has 20 heavy (non-hydrogen) atoms. The maximum absolute atomic E-state index is 13.2. The van der Waals surface area contributed by atoms with Gasteiger partial charge in [-0.3, -0.25) is 0 Å². The summed E-state index contributed by atoms with van der Waals surface area (Å²) >= 11 is 0. The van der Waals surface area contributed by atoms with E-state index in [0.29, 0.717) is 25.3 Å². The fourth-order valence-corrected chi connectivity index (χ4v) is 3.01. The van der Waals surface area contributed by atoms with Crippen LogP contribution in [0.2, 0.25) is 0 Å². The van der Waals surface area contributed by atoms with Crippen LogP contribution in [0.4, 0.5) is 22.0 Å². The quantitative estimate of drug-likeness (QED) is 0.807. The number of hydrogen-bond donors (Lipinski definition) is 1. The molecule has 0 saturated heterocycles. The number of rotatable bonds is 2. The molecular weight excluding hydrogens is 277 g/mol. The first kappa shape index (κ1) is 15.2. The molecule has 0 amide bonds. The van der Waals surface area contributed by atoms with Gasteiger partial charge in [0.2, 0.25) is 0 Å². The Balaban J connectivity index is 2.27. The van der Waals surface area contributed by atoms with Gasteiger partial charge in [-0.25, -0.2) is 8.78 Å². The van der Waals surface area contributed by atoms with Crippen LogP contribution in [0, 0.1) is 23.5 Å². The maximum atomic E-state index is 13.2. The lowest BCUT2D eigenvalue weighted by molar-refractivity contribution is -0.198. The molecule has 3 atom stereocenters. The summed E-state index contributed by atoms with van der Waals surface area (Å²) in [6.07, 6.45) is -2.81. The van der Waals surface area contributed by atoms with Crippen molar-refractivity contribution in [2.45, 2.75) is 37.9 Å². The zero-order chi connectivity index (χ0) is 14.9. The van der Waals surface area contributed by atoms with Crippen LogP contribution in [0.5, 0.6) is 0 Å². The molecule has 2 rings (SSSR count). The van der Waals surface area contributed by atoms with Crippen LogP contribution in [0.3, 0.4) is 0 Å². The molecule has 0 bridgehead atoms. The van der Waals surface area contributed by atoms with Crippen molar-refractivity contribution in [3.8, 4) is 0 Å². The van der Waals surface area contributed by atoms with Crippen molar-refractivity contribution in [3.63, 3.8) is 0 Å². The van der Waals surface area contributed by atoms with Crippen molar-refractivity contribution in [2.24, 2.45) is 17.6 Å². The van der Waals surface area contributed by atoms with Crippen molar-refractivity contribution in [1.82, 2.24) is 0 Å². The molecule has 1 aliphatic carbocycles. The van der Waals surface area contributed by atoms with E-state index >= 15 is 0 Å². The van der Waals surface area contributed by atoms with Gasteiger partial charge >= 0.3 is 6.18 Å². The van der Waals surface area contributed by atoms with Gasteiger partial charge in [0.15, 0.2) is 0 Å². The Kier molecular flexibility index (Phi) is 4.32. The number of benzene rings is 1. The molecule has 1 aromatic rings. The number of halogens is 5. The van der Waals surface area contributed by atoms with Crippen molar-refractivity contribution in [3.05, 3.63) is 35.4 Å². The summed E-state index contributed by atoms with van der Waals surface area (Å²) < 4.78 is 65.4. The summed E-state index contributed by atoms with van der Waals surface area (Å²) in [5, 5.41) is 0. The summed E-state index contributed by atoms with van der Waals surface area (Å²) in [6, 6.07) is 1.69. The Morgan fingerprint density at radius 2 is 1.55 bits per heavy atom. The highest BCUT2D eigenvalue weighted by molar-refractivity contribution is 5.22. The second kappa shape index (κ2) is 5.68. The zero-order valence-electron chi connectivity index (χ0n) is 10.8. The number of alkyl halides is 3. The minimum absolute atomic E-state index is 0.0274. The standard InChI is InChI=1S/C14H16F5N/c15-9-5-8(6-10(16)7-9)13(20)11-3-1-2-4-12(11)14(17,18)19/h5-7,11-13H,1-4,20H2. The topological polar surface area (TPSA) is 26.0 Å². The molecule has 1 fully saturated rings. The maximum Gasteiger partial charge on any atom is 0.392 e. The third kappa shape index (κ3) is 3.29. The fourth-order valence-electron chi connectivity index (χ4n) is 3.01. The lowest BCUT2D eigenvalue weighted by atomic mass is 9.73. The summed E-state index contributed by atoms with van der Waals surface area (Å²) in [7, 11) is 0. The molecule has 0 heterocycles. The average molecular weight is 293 g/mol. The molecule has 1 aliphatic rings. The second-order valence-electron chi connectivity index (χ2n) is 5.32. The van der Waals surface area contributed by atoms with Crippen LogP contribution in [0.15, 0.2) is 18.2 Å². The Labute approximate surface area is 114 Å². The molecule has 1 saturated carbocycles. The van der Waals surface area contributed by atoms with E-state index in [1.54, 1.807) is 0 Å². The van der Waals surface area contributed by atoms with Crippen LogP contribution in [-0.2, 0) is 0 Å².